The summed E-state index contributed by atoms with van der Waals surface area (Å²) in [4.78, 5) is 28.5. The number of nitrogens with zero attached hydrogens (tertiary/aromatic N) is 1. The molecule has 9 heteroatoms. The van der Waals surface area contributed by atoms with Crippen LogP contribution in [0.4, 0.5) is 0 Å². The highest BCUT2D eigenvalue weighted by Crippen LogP contribution is 2.24. The number of sulfonamides is 1. The van der Waals surface area contributed by atoms with E-state index in [4.69, 9.17) is 0 Å². The monoisotopic (exact) mass is 378 g/mol. The molecule has 0 unspecified atom stereocenters. The first-order valence-electron chi connectivity index (χ1n) is 8.68. The number of amidine groups is 1. The Morgan fingerprint density at radius 1 is 1.15 bits per heavy atom. The lowest BCUT2D eigenvalue weighted by Gasteiger charge is -2.21. The van der Waals surface area contributed by atoms with Gasteiger partial charge in [0.05, 0.1) is 4.90 Å². The van der Waals surface area contributed by atoms with Crippen LogP contribution in [-0.4, -0.2) is 32.1 Å². The van der Waals surface area contributed by atoms with Crippen LogP contribution in [0.5, 0.6) is 0 Å². The molecule has 0 saturated heterocycles. The number of hydrogen-bond acceptors (Lipinski definition) is 5. The molecule has 1 aromatic carbocycles. The van der Waals surface area contributed by atoms with Gasteiger partial charge < -0.3 is 0 Å². The fourth-order valence-electron chi connectivity index (χ4n) is 3.18. The van der Waals surface area contributed by atoms with E-state index in [1.54, 1.807) is 18.2 Å². The van der Waals surface area contributed by atoms with Crippen molar-refractivity contribution in [1.29, 1.82) is 0 Å². The number of benzene rings is 1. The Morgan fingerprint density at radius 2 is 1.85 bits per heavy atom. The molecule has 1 aromatic rings. The topological polar surface area (TPSA) is 117 Å². The van der Waals surface area contributed by atoms with E-state index >= 15 is 0 Å². The van der Waals surface area contributed by atoms with E-state index in [0.29, 0.717) is 5.56 Å². The van der Waals surface area contributed by atoms with Gasteiger partial charge in [0.2, 0.25) is 5.91 Å². The van der Waals surface area contributed by atoms with Gasteiger partial charge in [-0.2, -0.15) is 0 Å². The molecule has 3 rings (SSSR count). The van der Waals surface area contributed by atoms with Gasteiger partial charge >= 0.3 is 0 Å². The average molecular weight is 378 g/mol. The van der Waals surface area contributed by atoms with E-state index in [9.17, 15) is 18.0 Å². The first kappa shape index (κ1) is 18.4. The molecule has 26 heavy (non-hydrogen) atoms. The Labute approximate surface area is 152 Å². The van der Waals surface area contributed by atoms with Crippen molar-refractivity contribution in [3.63, 3.8) is 0 Å². The number of amides is 2. The summed E-state index contributed by atoms with van der Waals surface area (Å²) in [5.74, 6) is -0.642. The Morgan fingerprint density at radius 3 is 2.58 bits per heavy atom. The molecule has 2 aliphatic rings. The van der Waals surface area contributed by atoms with E-state index in [1.807, 2.05) is 0 Å². The second-order valence-electron chi connectivity index (χ2n) is 6.57. The summed E-state index contributed by atoms with van der Waals surface area (Å²) in [6, 6.07) is 5.56. The third-order valence-corrected chi connectivity index (χ3v) is 6.05. The van der Waals surface area contributed by atoms with Crippen molar-refractivity contribution >= 4 is 27.7 Å². The Balaban J connectivity index is 1.63. The Bertz CT molecular complexity index is 844. The van der Waals surface area contributed by atoms with Crippen LogP contribution in [0.1, 0.15) is 44.6 Å². The lowest BCUT2D eigenvalue weighted by Crippen LogP contribution is -2.48. The lowest BCUT2D eigenvalue weighted by atomic mass is 9.89. The molecular formula is C17H22N4O4S. The van der Waals surface area contributed by atoms with Crippen LogP contribution in [0.3, 0.4) is 0 Å². The van der Waals surface area contributed by atoms with E-state index in [2.05, 4.69) is 20.6 Å². The molecular weight excluding hydrogens is 356 g/mol. The lowest BCUT2D eigenvalue weighted by molar-refractivity contribution is -0.132. The van der Waals surface area contributed by atoms with Crippen molar-refractivity contribution in [1.82, 2.24) is 15.6 Å². The minimum Gasteiger partial charge on any atom is -0.273 e. The molecule has 1 heterocycles. The molecule has 1 saturated carbocycles. The highest BCUT2D eigenvalue weighted by atomic mass is 32.2. The van der Waals surface area contributed by atoms with Gasteiger partial charge in [-0.1, -0.05) is 31.4 Å². The molecule has 1 aliphatic carbocycles. The Hall–Kier alpha value is -2.42. The van der Waals surface area contributed by atoms with Crippen molar-refractivity contribution in [2.45, 2.75) is 50.0 Å². The summed E-state index contributed by atoms with van der Waals surface area (Å²) in [6.07, 6.45) is 4.85. The fourth-order valence-corrected chi connectivity index (χ4v) is 4.42. The molecule has 0 spiro atoms. The predicted molar refractivity (Wildman–Crippen MR) is 95.6 cm³/mol. The highest BCUT2D eigenvalue weighted by Gasteiger charge is 2.31. The van der Waals surface area contributed by atoms with Gasteiger partial charge in [-0.25, -0.2) is 8.42 Å². The summed E-state index contributed by atoms with van der Waals surface area (Å²) in [7, 11) is -3.65. The van der Waals surface area contributed by atoms with E-state index in [0.717, 1.165) is 32.1 Å². The van der Waals surface area contributed by atoms with Crippen LogP contribution >= 0.6 is 0 Å². The molecule has 3 N–H and O–H groups in total. The van der Waals surface area contributed by atoms with Crippen molar-refractivity contribution < 1.29 is 18.0 Å². The maximum Gasteiger partial charge on any atom is 0.263 e. The van der Waals surface area contributed by atoms with Crippen LogP contribution in [0.2, 0.25) is 0 Å². The number of hydrogen-bond donors (Lipinski definition) is 3. The molecule has 0 radical (unpaired) electrons. The second-order valence-corrected chi connectivity index (χ2v) is 8.22. The smallest absolute Gasteiger partial charge is 0.263 e. The summed E-state index contributed by atoms with van der Waals surface area (Å²) in [5, 5.41) is 0. The zero-order valence-corrected chi connectivity index (χ0v) is 15.3. The molecule has 2 amide bonds. The molecule has 0 aromatic heterocycles. The zero-order chi connectivity index (χ0) is 18.7. The number of hydrazine groups is 1. The van der Waals surface area contributed by atoms with E-state index in [1.165, 1.54) is 13.0 Å². The molecule has 1 fully saturated rings. The van der Waals surface area contributed by atoms with Crippen LogP contribution in [0.25, 0.3) is 0 Å². The predicted octanol–water partition coefficient (Wildman–Crippen LogP) is 0.841. The van der Waals surface area contributed by atoms with Crippen LogP contribution in [0.15, 0.2) is 34.2 Å². The van der Waals surface area contributed by atoms with Crippen LogP contribution in [0, 0.1) is 5.92 Å². The number of aliphatic imine (C=N–C) groups is 1. The van der Waals surface area contributed by atoms with Crippen LogP contribution < -0.4 is 15.6 Å². The van der Waals surface area contributed by atoms with Crippen LogP contribution in [-0.2, 0) is 19.6 Å². The minimum atomic E-state index is -3.65. The molecule has 1 atom stereocenters. The maximum atomic E-state index is 12.2. The summed E-state index contributed by atoms with van der Waals surface area (Å²) < 4.78 is 26.5. The number of carbonyl (C=O) groups is 2. The summed E-state index contributed by atoms with van der Waals surface area (Å²) in [6.45, 7) is 1.53. The van der Waals surface area contributed by atoms with Crippen molar-refractivity contribution in [3.8, 4) is 0 Å². The van der Waals surface area contributed by atoms with Gasteiger partial charge in [-0.15, -0.1) is 0 Å². The van der Waals surface area contributed by atoms with Gasteiger partial charge in [0.1, 0.15) is 11.9 Å². The highest BCUT2D eigenvalue weighted by molar-refractivity contribution is 7.90. The fraction of sp³-hybridized carbons (Fsp3) is 0.471. The zero-order valence-electron chi connectivity index (χ0n) is 14.5. The standard InChI is InChI=1S/C17H22N4O4S/c1-11(16(22)19-20-17(23)12-7-3-2-4-8-12)18-15-13-9-5-6-10-14(13)26(24,25)21-15/h5-6,9-12H,2-4,7-8H2,1H3,(H,18,21)(H,19,22)(H,20,23)/t11-/m0/s1. The SMILES string of the molecule is C[C@H](N=C1NS(=O)(=O)c2ccccc21)C(=O)NNC(=O)C1CCCCC1. The molecule has 140 valence electrons. The first-order chi connectivity index (χ1) is 12.4. The minimum absolute atomic E-state index is 0.0702. The largest absolute Gasteiger partial charge is 0.273 e. The average Bonchev–Trinajstić information content (AvgIpc) is 2.90. The summed E-state index contributed by atoms with van der Waals surface area (Å²) >= 11 is 0. The van der Waals surface area contributed by atoms with Gasteiger partial charge in [-0.3, -0.25) is 30.2 Å². The Kier molecular flexibility index (Phi) is 5.26. The quantitative estimate of drug-likeness (QED) is 0.676. The second kappa shape index (κ2) is 7.45. The normalized spacial score (nSPS) is 21.5. The third kappa shape index (κ3) is 3.87. The van der Waals surface area contributed by atoms with E-state index < -0.39 is 22.0 Å². The van der Waals surface area contributed by atoms with Gasteiger partial charge in [-0.05, 0) is 31.9 Å². The van der Waals surface area contributed by atoms with Gasteiger partial charge in [0, 0.05) is 11.5 Å². The molecule has 0 bridgehead atoms. The third-order valence-electron chi connectivity index (χ3n) is 4.65. The first-order valence-corrected chi connectivity index (χ1v) is 10.2. The molecule has 8 nitrogen and oxygen atoms in total. The molecule has 1 aliphatic heterocycles. The van der Waals surface area contributed by atoms with Gasteiger partial charge in [0.15, 0.2) is 0 Å². The van der Waals surface area contributed by atoms with Crippen molar-refractivity contribution in [2.75, 3.05) is 0 Å². The summed E-state index contributed by atoms with van der Waals surface area (Å²) in [5.41, 5.74) is 5.25. The number of carbonyl (C=O) groups excluding carboxylic acids is 2. The number of rotatable bonds is 3. The van der Waals surface area contributed by atoms with Crippen molar-refractivity contribution in [2.24, 2.45) is 10.9 Å². The van der Waals surface area contributed by atoms with Crippen molar-refractivity contribution in [3.05, 3.63) is 29.8 Å². The number of fused-ring (bicyclic) bond motifs is 1. The van der Waals surface area contributed by atoms with E-state index in [-0.39, 0.29) is 22.6 Å². The maximum absolute atomic E-state index is 12.2. The number of nitrogens with one attached hydrogen (secondary N) is 3. The van der Waals surface area contributed by atoms with Gasteiger partial charge in [0.25, 0.3) is 15.9 Å².